The van der Waals surface area contributed by atoms with Gasteiger partial charge in [-0.2, -0.15) is 0 Å². The van der Waals surface area contributed by atoms with Crippen molar-refractivity contribution in [2.45, 2.75) is 46.1 Å². The Labute approximate surface area is 183 Å². The van der Waals surface area contributed by atoms with Crippen molar-refractivity contribution in [1.29, 1.82) is 0 Å². The molecule has 0 bridgehead atoms. The summed E-state index contributed by atoms with van der Waals surface area (Å²) >= 11 is 5.52. The van der Waals surface area contributed by atoms with Crippen molar-refractivity contribution in [3.8, 4) is 0 Å². The summed E-state index contributed by atoms with van der Waals surface area (Å²) in [6.07, 6.45) is 7.68. The SMILES string of the molecule is CCN(CC)CCNC(=O)c1ccc2c(=O)n(C(C)C3C=CCCC3)c(=S)[nH]c2c1. The molecule has 2 aromatic rings. The van der Waals surface area contributed by atoms with Crippen molar-refractivity contribution in [2.75, 3.05) is 26.2 Å². The number of allylic oxidation sites excluding steroid dienone is 2. The Kier molecular flexibility index (Phi) is 7.61. The lowest BCUT2D eigenvalue weighted by Crippen LogP contribution is -2.34. The Bertz CT molecular complexity index is 1040. The number of rotatable bonds is 8. The summed E-state index contributed by atoms with van der Waals surface area (Å²) in [5.41, 5.74) is 1.02. The van der Waals surface area contributed by atoms with Gasteiger partial charge in [0.25, 0.3) is 11.5 Å². The summed E-state index contributed by atoms with van der Waals surface area (Å²) in [6, 6.07) is 5.14. The van der Waals surface area contributed by atoms with Gasteiger partial charge in [0.2, 0.25) is 0 Å². The molecule has 2 atom stereocenters. The van der Waals surface area contributed by atoms with E-state index in [1.54, 1.807) is 22.8 Å². The molecule has 0 saturated carbocycles. The number of aromatic amines is 1. The number of amides is 1. The highest BCUT2D eigenvalue weighted by Crippen LogP contribution is 2.27. The molecule has 0 fully saturated rings. The van der Waals surface area contributed by atoms with Crippen molar-refractivity contribution in [2.24, 2.45) is 5.92 Å². The zero-order valence-corrected chi connectivity index (χ0v) is 18.9. The molecular weight excluding hydrogens is 396 g/mol. The van der Waals surface area contributed by atoms with Gasteiger partial charge in [0.1, 0.15) is 0 Å². The van der Waals surface area contributed by atoms with Gasteiger partial charge in [-0.25, -0.2) is 0 Å². The fourth-order valence-corrected chi connectivity index (χ4v) is 4.50. The third-order valence-electron chi connectivity index (χ3n) is 6.12. The standard InChI is InChI=1S/C23H32N4O2S/c1-4-26(5-2)14-13-24-21(28)18-11-12-19-20(15-18)25-23(30)27(22(19)29)16(3)17-9-7-6-8-10-17/h7,9,11-12,15-17H,4-6,8,10,13-14H2,1-3H3,(H,24,28)(H,25,30). The lowest BCUT2D eigenvalue weighted by Gasteiger charge is -2.25. The van der Waals surface area contributed by atoms with Gasteiger partial charge in [0.15, 0.2) is 4.77 Å². The number of fused-ring (bicyclic) bond motifs is 1. The average Bonchev–Trinajstić information content (AvgIpc) is 2.76. The van der Waals surface area contributed by atoms with Gasteiger partial charge in [-0.1, -0.05) is 26.0 Å². The maximum Gasteiger partial charge on any atom is 0.262 e. The molecular formula is C23H32N4O2S. The zero-order chi connectivity index (χ0) is 21.7. The van der Waals surface area contributed by atoms with Gasteiger partial charge >= 0.3 is 0 Å². The van der Waals surface area contributed by atoms with E-state index in [1.165, 1.54) is 0 Å². The Balaban J connectivity index is 1.83. The van der Waals surface area contributed by atoms with E-state index in [-0.39, 0.29) is 17.5 Å². The first-order valence-corrected chi connectivity index (χ1v) is 11.3. The van der Waals surface area contributed by atoms with Crippen LogP contribution in [0.15, 0.2) is 35.1 Å². The maximum atomic E-state index is 13.2. The molecule has 0 aliphatic heterocycles. The Morgan fingerprint density at radius 3 is 2.80 bits per heavy atom. The minimum absolute atomic E-state index is 0.00903. The summed E-state index contributed by atoms with van der Waals surface area (Å²) in [5.74, 6) is 0.160. The van der Waals surface area contributed by atoms with Crippen LogP contribution in [0.4, 0.5) is 0 Å². The van der Waals surface area contributed by atoms with E-state index in [2.05, 4.69) is 48.1 Å². The van der Waals surface area contributed by atoms with Crippen molar-refractivity contribution < 1.29 is 4.79 Å². The van der Waals surface area contributed by atoms with Crippen LogP contribution in [0.25, 0.3) is 10.9 Å². The van der Waals surface area contributed by atoms with Crippen LogP contribution in [-0.4, -0.2) is 46.5 Å². The van der Waals surface area contributed by atoms with Crippen molar-refractivity contribution in [3.63, 3.8) is 0 Å². The molecule has 1 aromatic heterocycles. The Hall–Kier alpha value is -2.25. The van der Waals surface area contributed by atoms with E-state index in [0.29, 0.717) is 33.7 Å². The first-order valence-electron chi connectivity index (χ1n) is 10.9. The highest BCUT2D eigenvalue weighted by molar-refractivity contribution is 7.71. The van der Waals surface area contributed by atoms with Crippen molar-refractivity contribution >= 4 is 29.0 Å². The minimum atomic E-state index is -0.145. The highest BCUT2D eigenvalue weighted by Gasteiger charge is 2.21. The lowest BCUT2D eigenvalue weighted by atomic mass is 9.90. The predicted molar refractivity (Wildman–Crippen MR) is 125 cm³/mol. The third-order valence-corrected chi connectivity index (χ3v) is 6.42. The van der Waals surface area contributed by atoms with Crippen molar-refractivity contribution in [1.82, 2.24) is 19.8 Å². The highest BCUT2D eigenvalue weighted by atomic mass is 32.1. The van der Waals surface area contributed by atoms with Gasteiger partial charge < -0.3 is 15.2 Å². The second kappa shape index (κ2) is 10.2. The van der Waals surface area contributed by atoms with Gasteiger partial charge in [-0.3, -0.25) is 14.2 Å². The van der Waals surface area contributed by atoms with E-state index >= 15 is 0 Å². The average molecular weight is 429 g/mol. The summed E-state index contributed by atoms with van der Waals surface area (Å²) in [7, 11) is 0. The van der Waals surface area contributed by atoms with Gasteiger partial charge in [0.05, 0.1) is 10.9 Å². The lowest BCUT2D eigenvalue weighted by molar-refractivity contribution is 0.0949. The van der Waals surface area contributed by atoms with E-state index in [4.69, 9.17) is 12.2 Å². The third kappa shape index (κ3) is 4.90. The molecule has 1 aliphatic carbocycles. The van der Waals surface area contributed by atoms with Crippen LogP contribution >= 0.6 is 12.2 Å². The summed E-state index contributed by atoms with van der Waals surface area (Å²) in [6.45, 7) is 9.58. The number of benzene rings is 1. The number of nitrogens with zero attached hydrogens (tertiary/aromatic N) is 2. The van der Waals surface area contributed by atoms with E-state index in [1.807, 2.05) is 0 Å². The topological polar surface area (TPSA) is 70.1 Å². The van der Waals surface area contributed by atoms with Crippen LogP contribution in [0.3, 0.4) is 0 Å². The molecule has 30 heavy (non-hydrogen) atoms. The fraction of sp³-hybridized carbons (Fsp3) is 0.522. The maximum absolute atomic E-state index is 13.2. The van der Waals surface area contributed by atoms with Gasteiger partial charge in [-0.15, -0.1) is 0 Å². The van der Waals surface area contributed by atoms with Crippen LogP contribution < -0.4 is 10.9 Å². The van der Waals surface area contributed by atoms with Crippen LogP contribution in [0.5, 0.6) is 0 Å². The Morgan fingerprint density at radius 1 is 1.37 bits per heavy atom. The largest absolute Gasteiger partial charge is 0.351 e. The molecule has 0 radical (unpaired) electrons. The van der Waals surface area contributed by atoms with E-state index in [9.17, 15) is 9.59 Å². The molecule has 2 N–H and O–H groups in total. The second-order valence-electron chi connectivity index (χ2n) is 7.91. The molecule has 1 aromatic carbocycles. The number of H-pyrrole nitrogens is 1. The van der Waals surface area contributed by atoms with Crippen LogP contribution in [-0.2, 0) is 0 Å². The van der Waals surface area contributed by atoms with E-state index < -0.39 is 0 Å². The molecule has 1 amide bonds. The molecule has 1 aliphatic rings. The van der Waals surface area contributed by atoms with E-state index in [0.717, 1.165) is 38.9 Å². The quantitative estimate of drug-likeness (QED) is 0.492. The number of likely N-dealkylation sites (N-methyl/N-ethyl adjacent to an activating group) is 1. The van der Waals surface area contributed by atoms with Crippen molar-refractivity contribution in [3.05, 3.63) is 51.0 Å². The summed E-state index contributed by atoms with van der Waals surface area (Å²) in [5, 5.41) is 3.50. The Morgan fingerprint density at radius 2 is 2.13 bits per heavy atom. The summed E-state index contributed by atoms with van der Waals surface area (Å²) in [4.78, 5) is 31.1. The number of aromatic nitrogens is 2. The normalized spacial score (nSPS) is 17.4. The molecule has 6 nitrogen and oxygen atoms in total. The number of nitrogens with one attached hydrogen (secondary N) is 2. The second-order valence-corrected chi connectivity index (χ2v) is 8.30. The summed E-state index contributed by atoms with van der Waals surface area (Å²) < 4.78 is 2.08. The number of hydrogen-bond donors (Lipinski definition) is 2. The smallest absolute Gasteiger partial charge is 0.262 e. The molecule has 7 heteroatoms. The number of carbonyl (C=O) groups is 1. The molecule has 0 saturated heterocycles. The van der Waals surface area contributed by atoms with Crippen LogP contribution in [0.2, 0.25) is 0 Å². The van der Waals surface area contributed by atoms with Crippen LogP contribution in [0, 0.1) is 10.7 Å². The molecule has 0 spiro atoms. The molecule has 1 heterocycles. The number of hydrogen-bond acceptors (Lipinski definition) is 4. The predicted octanol–water partition coefficient (Wildman–Crippen LogP) is 4.05. The molecule has 3 rings (SSSR count). The number of carbonyl (C=O) groups excluding carboxylic acids is 1. The molecule has 162 valence electrons. The monoisotopic (exact) mass is 428 g/mol. The fourth-order valence-electron chi connectivity index (χ4n) is 4.14. The first kappa shape index (κ1) is 22.4. The first-order chi connectivity index (χ1) is 14.5. The van der Waals surface area contributed by atoms with Gasteiger partial charge in [0, 0.05) is 24.7 Å². The van der Waals surface area contributed by atoms with Gasteiger partial charge in [-0.05, 0) is 75.6 Å². The minimum Gasteiger partial charge on any atom is -0.351 e. The zero-order valence-electron chi connectivity index (χ0n) is 18.1. The molecule has 2 unspecified atom stereocenters. The van der Waals surface area contributed by atoms with Crippen LogP contribution in [0.1, 0.15) is 56.4 Å².